The Hall–Kier alpha value is -1.17. The summed E-state index contributed by atoms with van der Waals surface area (Å²) in [5, 5.41) is 13.5. The van der Waals surface area contributed by atoms with E-state index >= 15 is 0 Å². The molecule has 0 bridgehead atoms. The maximum absolute atomic E-state index is 10.9. The van der Waals surface area contributed by atoms with Crippen molar-refractivity contribution in [3.05, 3.63) is 57.0 Å². The number of aliphatic carboxylic acids is 1. The molecule has 0 radical (unpaired) electrons. The zero-order chi connectivity index (χ0) is 17.0. The summed E-state index contributed by atoms with van der Waals surface area (Å²) >= 11 is 18.1. The number of carboxylic acids is 1. The van der Waals surface area contributed by atoms with Crippen LogP contribution in [0.5, 0.6) is 0 Å². The highest BCUT2D eigenvalue weighted by Gasteiger charge is 2.15. The van der Waals surface area contributed by atoms with E-state index in [0.29, 0.717) is 20.8 Å². The van der Waals surface area contributed by atoms with E-state index in [0.717, 1.165) is 11.3 Å². The molecule has 0 saturated carbocycles. The van der Waals surface area contributed by atoms with E-state index in [4.69, 9.17) is 45.6 Å². The van der Waals surface area contributed by atoms with Crippen molar-refractivity contribution in [3.8, 4) is 0 Å². The molecule has 8 heteroatoms. The van der Waals surface area contributed by atoms with Gasteiger partial charge in [0, 0.05) is 11.6 Å². The molecule has 24 heavy (non-hydrogen) atoms. The fourth-order valence-corrected chi connectivity index (χ4v) is 2.63. The van der Waals surface area contributed by atoms with Crippen molar-refractivity contribution in [1.82, 2.24) is 0 Å². The highest BCUT2D eigenvalue weighted by atomic mass is 35.5. The smallest absolute Gasteiger partial charge is 0.304 e. The van der Waals surface area contributed by atoms with E-state index in [1.807, 2.05) is 0 Å². The first-order valence-electron chi connectivity index (χ1n) is 6.84. The molecule has 0 heterocycles. The molecule has 4 nitrogen and oxygen atoms in total. The van der Waals surface area contributed by atoms with Crippen LogP contribution in [0.2, 0.25) is 15.1 Å². The molecule has 4 N–H and O–H groups in total. The Bertz CT molecular complexity index is 725. The topological polar surface area (TPSA) is 75.4 Å². The van der Waals surface area contributed by atoms with Crippen LogP contribution in [0.25, 0.3) is 0 Å². The number of carboxylic acid groups (broad SMARTS) is 1. The third-order valence-electron chi connectivity index (χ3n) is 3.37. The standard InChI is InChI=1S/C16H15Cl3N2O2.ClH/c17-12-4-2-11(7-14(12)19)21-15-5-9(1-3-13(15)18)10(8-20)6-16(22)23;/h1-5,7,10,21H,6,8,20H2,(H,22,23);1H/t10-;/m0./s1. The minimum Gasteiger partial charge on any atom is -0.481 e. The second-order valence-corrected chi connectivity index (χ2v) is 6.25. The van der Waals surface area contributed by atoms with Crippen molar-refractivity contribution < 1.29 is 9.90 Å². The SMILES string of the molecule is Cl.NC[C@H](CC(=O)O)c1ccc(Cl)c(Nc2ccc(Cl)c(Cl)c2)c1. The van der Waals surface area contributed by atoms with E-state index in [1.54, 1.807) is 36.4 Å². The Morgan fingerprint density at radius 2 is 1.75 bits per heavy atom. The average Bonchev–Trinajstić information content (AvgIpc) is 2.50. The number of benzene rings is 2. The molecule has 130 valence electrons. The van der Waals surface area contributed by atoms with E-state index in [9.17, 15) is 4.79 Å². The maximum atomic E-state index is 10.9. The third kappa shape index (κ3) is 5.43. The molecule has 2 aromatic rings. The highest BCUT2D eigenvalue weighted by Crippen LogP contribution is 2.32. The Morgan fingerprint density at radius 3 is 2.33 bits per heavy atom. The monoisotopic (exact) mass is 408 g/mol. The Balaban J connectivity index is 0.00000288. The molecule has 0 amide bonds. The minimum absolute atomic E-state index is 0. The minimum atomic E-state index is -0.894. The molecule has 0 unspecified atom stereocenters. The number of nitrogens with two attached hydrogens (primary N) is 1. The summed E-state index contributed by atoms with van der Waals surface area (Å²) in [5.41, 5.74) is 7.86. The molecule has 2 aromatic carbocycles. The maximum Gasteiger partial charge on any atom is 0.304 e. The van der Waals surface area contributed by atoms with Gasteiger partial charge in [-0.25, -0.2) is 0 Å². The first-order valence-corrected chi connectivity index (χ1v) is 7.97. The summed E-state index contributed by atoms with van der Waals surface area (Å²) in [4.78, 5) is 10.9. The van der Waals surface area contributed by atoms with Crippen LogP contribution in [-0.4, -0.2) is 17.6 Å². The molecule has 0 fully saturated rings. The summed E-state index contributed by atoms with van der Waals surface area (Å²) < 4.78 is 0. The largest absolute Gasteiger partial charge is 0.481 e. The number of nitrogens with one attached hydrogen (secondary N) is 1. The van der Waals surface area contributed by atoms with Crippen LogP contribution >= 0.6 is 47.2 Å². The fourth-order valence-electron chi connectivity index (χ4n) is 2.17. The lowest BCUT2D eigenvalue weighted by Gasteiger charge is -2.16. The number of hydrogen-bond acceptors (Lipinski definition) is 3. The molecule has 0 saturated heterocycles. The predicted octanol–water partition coefficient (Wildman–Crippen LogP) is 5.33. The molecular formula is C16H16Cl4N2O2. The lowest BCUT2D eigenvalue weighted by Crippen LogP contribution is -2.16. The molecule has 0 spiro atoms. The first kappa shape index (κ1) is 20.9. The van der Waals surface area contributed by atoms with Crippen LogP contribution in [-0.2, 0) is 4.79 Å². The third-order valence-corrected chi connectivity index (χ3v) is 4.43. The van der Waals surface area contributed by atoms with Gasteiger partial charge >= 0.3 is 5.97 Å². The van der Waals surface area contributed by atoms with Crippen LogP contribution in [0.15, 0.2) is 36.4 Å². The first-order chi connectivity index (χ1) is 10.9. The van der Waals surface area contributed by atoms with Gasteiger partial charge in [-0.15, -0.1) is 12.4 Å². The van der Waals surface area contributed by atoms with Gasteiger partial charge in [0.25, 0.3) is 0 Å². The molecule has 1 atom stereocenters. The zero-order valence-electron chi connectivity index (χ0n) is 12.4. The lowest BCUT2D eigenvalue weighted by molar-refractivity contribution is -0.137. The van der Waals surface area contributed by atoms with Crippen LogP contribution in [0, 0.1) is 0 Å². The Kier molecular flexibility index (Phi) is 8.13. The summed E-state index contributed by atoms with van der Waals surface area (Å²) in [6, 6.07) is 10.4. The molecular weight excluding hydrogens is 394 g/mol. The van der Waals surface area contributed by atoms with Gasteiger partial charge < -0.3 is 16.2 Å². The number of rotatable bonds is 6. The summed E-state index contributed by atoms with van der Waals surface area (Å²) in [6.45, 7) is 0.236. The van der Waals surface area contributed by atoms with Crippen molar-refractivity contribution >= 4 is 64.6 Å². The van der Waals surface area contributed by atoms with Crippen LogP contribution in [0.4, 0.5) is 11.4 Å². The Morgan fingerprint density at radius 1 is 1.08 bits per heavy atom. The van der Waals surface area contributed by atoms with Crippen molar-refractivity contribution in [2.45, 2.75) is 12.3 Å². The van der Waals surface area contributed by atoms with Gasteiger partial charge in [-0.05, 0) is 42.4 Å². The number of hydrogen-bond donors (Lipinski definition) is 3. The normalized spacial score (nSPS) is 11.5. The highest BCUT2D eigenvalue weighted by molar-refractivity contribution is 6.42. The fraction of sp³-hybridized carbons (Fsp3) is 0.188. The second kappa shape index (κ2) is 9.35. The summed E-state index contributed by atoms with van der Waals surface area (Å²) in [5.74, 6) is -1.17. The van der Waals surface area contributed by atoms with E-state index < -0.39 is 5.97 Å². The van der Waals surface area contributed by atoms with Gasteiger partial charge in [0.15, 0.2) is 0 Å². The van der Waals surface area contributed by atoms with Crippen molar-refractivity contribution in [1.29, 1.82) is 0 Å². The van der Waals surface area contributed by atoms with E-state index in [1.165, 1.54) is 0 Å². The van der Waals surface area contributed by atoms with Crippen molar-refractivity contribution in [2.24, 2.45) is 5.73 Å². The number of halogens is 4. The quantitative estimate of drug-likeness (QED) is 0.602. The summed E-state index contributed by atoms with van der Waals surface area (Å²) in [6.07, 6.45) is -0.0374. The lowest BCUT2D eigenvalue weighted by atomic mass is 9.95. The van der Waals surface area contributed by atoms with Crippen LogP contribution in [0.3, 0.4) is 0 Å². The molecule has 0 aliphatic rings. The van der Waals surface area contributed by atoms with Gasteiger partial charge in [0.1, 0.15) is 0 Å². The summed E-state index contributed by atoms with van der Waals surface area (Å²) in [7, 11) is 0. The average molecular weight is 410 g/mol. The van der Waals surface area contributed by atoms with Crippen molar-refractivity contribution in [3.63, 3.8) is 0 Å². The Labute approximate surface area is 161 Å². The molecule has 0 aromatic heterocycles. The van der Waals surface area contributed by atoms with E-state index in [2.05, 4.69) is 5.32 Å². The molecule has 0 aliphatic carbocycles. The predicted molar refractivity (Wildman–Crippen MR) is 102 cm³/mol. The number of carbonyl (C=O) groups is 1. The van der Waals surface area contributed by atoms with Gasteiger partial charge in [-0.3, -0.25) is 4.79 Å². The van der Waals surface area contributed by atoms with Crippen LogP contribution in [0.1, 0.15) is 17.9 Å². The van der Waals surface area contributed by atoms with Gasteiger partial charge in [-0.1, -0.05) is 40.9 Å². The molecule has 0 aliphatic heterocycles. The van der Waals surface area contributed by atoms with Gasteiger partial charge in [-0.2, -0.15) is 0 Å². The van der Waals surface area contributed by atoms with Crippen molar-refractivity contribution in [2.75, 3.05) is 11.9 Å². The van der Waals surface area contributed by atoms with E-state index in [-0.39, 0.29) is 31.3 Å². The van der Waals surface area contributed by atoms with Gasteiger partial charge in [0.05, 0.1) is 27.2 Å². The van der Waals surface area contributed by atoms with Gasteiger partial charge in [0.2, 0.25) is 0 Å². The second-order valence-electron chi connectivity index (χ2n) is 5.02. The number of anilines is 2. The zero-order valence-corrected chi connectivity index (χ0v) is 15.5. The van der Waals surface area contributed by atoms with Crippen LogP contribution < -0.4 is 11.1 Å². The molecule has 2 rings (SSSR count).